The third kappa shape index (κ3) is 4.05. The Labute approximate surface area is 172 Å². The van der Waals surface area contributed by atoms with Crippen LogP contribution in [0.15, 0.2) is 66.7 Å². The van der Waals surface area contributed by atoms with Crippen molar-refractivity contribution in [1.29, 1.82) is 0 Å². The second-order valence-corrected chi connectivity index (χ2v) is 6.83. The van der Waals surface area contributed by atoms with Crippen LogP contribution in [0, 0.1) is 12.7 Å². The topological polar surface area (TPSA) is 93.9 Å². The van der Waals surface area contributed by atoms with E-state index in [2.05, 4.69) is 15.2 Å². The van der Waals surface area contributed by atoms with E-state index in [0.717, 1.165) is 22.3 Å². The summed E-state index contributed by atoms with van der Waals surface area (Å²) in [6, 6.07) is 20.0. The molecule has 3 aromatic carbocycles. The van der Waals surface area contributed by atoms with Crippen LogP contribution in [0.3, 0.4) is 0 Å². The zero-order valence-corrected chi connectivity index (χ0v) is 16.2. The summed E-state index contributed by atoms with van der Waals surface area (Å²) < 4.78 is 20.0. The van der Waals surface area contributed by atoms with Gasteiger partial charge in [-0.3, -0.25) is 9.89 Å². The minimum atomic E-state index is -0.674. The van der Waals surface area contributed by atoms with Gasteiger partial charge in [-0.2, -0.15) is 5.10 Å². The second-order valence-electron chi connectivity index (χ2n) is 6.83. The van der Waals surface area contributed by atoms with Crippen LogP contribution in [-0.4, -0.2) is 21.1 Å². The van der Waals surface area contributed by atoms with Crippen LogP contribution in [0.2, 0.25) is 0 Å². The lowest BCUT2D eigenvalue weighted by atomic mass is 10.0. The number of benzene rings is 3. The molecule has 0 aliphatic rings. The number of aromatic nitrogens is 3. The van der Waals surface area contributed by atoms with Gasteiger partial charge in [0.2, 0.25) is 5.82 Å². The van der Waals surface area contributed by atoms with E-state index in [1.54, 1.807) is 12.1 Å². The average molecular weight is 402 g/mol. The first-order valence-corrected chi connectivity index (χ1v) is 9.31. The smallest absolute Gasteiger partial charge is 0.286 e. The lowest BCUT2D eigenvalue weighted by Gasteiger charge is -2.13. The Balaban J connectivity index is 1.63. The van der Waals surface area contributed by atoms with Gasteiger partial charge < -0.3 is 10.5 Å². The average Bonchev–Trinajstić information content (AvgIpc) is 3.25. The maximum absolute atomic E-state index is 14.1. The number of amides is 1. The van der Waals surface area contributed by atoms with E-state index in [-0.39, 0.29) is 18.2 Å². The van der Waals surface area contributed by atoms with Crippen LogP contribution >= 0.6 is 0 Å². The summed E-state index contributed by atoms with van der Waals surface area (Å²) in [5.41, 5.74) is 9.14. The number of ether oxygens (including phenoxy) is 1. The van der Waals surface area contributed by atoms with Crippen molar-refractivity contribution in [3.05, 3.63) is 89.5 Å². The van der Waals surface area contributed by atoms with E-state index < -0.39 is 5.91 Å². The van der Waals surface area contributed by atoms with E-state index in [1.165, 1.54) is 6.07 Å². The predicted octanol–water partition coefficient (Wildman–Crippen LogP) is 4.26. The van der Waals surface area contributed by atoms with Gasteiger partial charge in [0.25, 0.3) is 5.91 Å². The predicted molar refractivity (Wildman–Crippen MR) is 111 cm³/mol. The Morgan fingerprint density at radius 2 is 1.87 bits per heavy atom. The first-order valence-electron chi connectivity index (χ1n) is 9.31. The van der Waals surface area contributed by atoms with Crippen molar-refractivity contribution < 1.29 is 13.9 Å². The molecule has 7 heteroatoms. The van der Waals surface area contributed by atoms with Crippen molar-refractivity contribution in [2.45, 2.75) is 13.5 Å². The quantitative estimate of drug-likeness (QED) is 0.504. The van der Waals surface area contributed by atoms with Gasteiger partial charge in [0.15, 0.2) is 5.82 Å². The van der Waals surface area contributed by atoms with Crippen molar-refractivity contribution in [2.24, 2.45) is 5.73 Å². The number of para-hydroxylation sites is 1. The molecule has 0 spiro atoms. The number of carbonyl (C=O) groups is 1. The van der Waals surface area contributed by atoms with Crippen molar-refractivity contribution in [3.8, 4) is 28.3 Å². The number of rotatable bonds is 6. The number of aromatic amines is 1. The molecule has 0 fully saturated rings. The number of carbonyl (C=O) groups excluding carboxylic acids is 1. The van der Waals surface area contributed by atoms with Crippen LogP contribution < -0.4 is 10.5 Å². The monoisotopic (exact) mass is 402 g/mol. The fraction of sp³-hybridized carbons (Fsp3) is 0.0870. The van der Waals surface area contributed by atoms with E-state index in [4.69, 9.17) is 10.5 Å². The molecule has 1 heterocycles. The largest absolute Gasteiger partial charge is 0.488 e. The van der Waals surface area contributed by atoms with E-state index in [1.807, 2.05) is 55.5 Å². The van der Waals surface area contributed by atoms with Crippen LogP contribution in [0.1, 0.15) is 21.7 Å². The number of H-pyrrole nitrogens is 1. The summed E-state index contributed by atoms with van der Waals surface area (Å²) in [6.45, 7) is 2.03. The SMILES string of the molecule is Cc1ccc(F)c(COc2ccccc2-c2cccc(-c3n[nH]c(C(N)=O)n3)c2)c1. The molecular formula is C23H19FN4O2. The highest BCUT2D eigenvalue weighted by Crippen LogP contribution is 2.32. The molecule has 1 amide bonds. The molecule has 0 bridgehead atoms. The molecule has 30 heavy (non-hydrogen) atoms. The summed E-state index contributed by atoms with van der Waals surface area (Å²) in [5.74, 6) is 0.0236. The lowest BCUT2D eigenvalue weighted by Crippen LogP contribution is -2.12. The third-order valence-corrected chi connectivity index (χ3v) is 4.62. The minimum Gasteiger partial charge on any atom is -0.488 e. The molecular weight excluding hydrogens is 383 g/mol. The number of hydrogen-bond acceptors (Lipinski definition) is 4. The van der Waals surface area contributed by atoms with Crippen molar-refractivity contribution in [3.63, 3.8) is 0 Å². The van der Waals surface area contributed by atoms with Crippen LogP contribution in [-0.2, 0) is 6.61 Å². The van der Waals surface area contributed by atoms with Crippen molar-refractivity contribution in [1.82, 2.24) is 15.2 Å². The molecule has 4 aromatic rings. The molecule has 6 nitrogen and oxygen atoms in total. The summed E-state index contributed by atoms with van der Waals surface area (Å²) in [4.78, 5) is 15.4. The molecule has 1 aromatic heterocycles. The summed E-state index contributed by atoms with van der Waals surface area (Å²) >= 11 is 0. The molecule has 0 saturated carbocycles. The highest BCUT2D eigenvalue weighted by atomic mass is 19.1. The lowest BCUT2D eigenvalue weighted by molar-refractivity contribution is 0.0991. The van der Waals surface area contributed by atoms with Crippen LogP contribution in [0.5, 0.6) is 5.75 Å². The fourth-order valence-corrected chi connectivity index (χ4v) is 3.13. The van der Waals surface area contributed by atoms with Gasteiger partial charge in [-0.1, -0.05) is 48.0 Å². The van der Waals surface area contributed by atoms with Crippen molar-refractivity contribution >= 4 is 5.91 Å². The zero-order valence-electron chi connectivity index (χ0n) is 16.2. The number of nitrogens with one attached hydrogen (secondary N) is 1. The first-order chi connectivity index (χ1) is 14.5. The van der Waals surface area contributed by atoms with Crippen LogP contribution in [0.4, 0.5) is 4.39 Å². The van der Waals surface area contributed by atoms with Gasteiger partial charge in [0, 0.05) is 16.7 Å². The molecule has 0 unspecified atom stereocenters. The maximum atomic E-state index is 14.1. The van der Waals surface area contributed by atoms with E-state index in [9.17, 15) is 9.18 Å². The normalized spacial score (nSPS) is 10.7. The van der Waals surface area contributed by atoms with Crippen molar-refractivity contribution in [2.75, 3.05) is 0 Å². The molecule has 3 N–H and O–H groups in total. The third-order valence-electron chi connectivity index (χ3n) is 4.62. The van der Waals surface area contributed by atoms with E-state index >= 15 is 0 Å². The Morgan fingerprint density at radius 1 is 1.07 bits per heavy atom. The molecule has 0 saturated heterocycles. The second kappa shape index (κ2) is 8.16. The standard InChI is InChI=1S/C23H19FN4O2/c1-14-9-10-19(24)17(11-14)13-30-20-8-3-2-7-18(20)15-5-4-6-16(12-15)22-26-23(21(25)29)28-27-22/h2-12H,13H2,1H3,(H2,25,29)(H,26,27,28). The molecule has 150 valence electrons. The van der Waals surface area contributed by atoms with Gasteiger partial charge >= 0.3 is 0 Å². The number of nitrogens with zero attached hydrogens (tertiary/aromatic N) is 2. The van der Waals surface area contributed by atoms with Gasteiger partial charge in [0.1, 0.15) is 18.2 Å². The van der Waals surface area contributed by atoms with E-state index in [0.29, 0.717) is 17.1 Å². The zero-order chi connectivity index (χ0) is 21.1. The molecule has 0 atom stereocenters. The highest BCUT2D eigenvalue weighted by molar-refractivity contribution is 5.89. The molecule has 0 aliphatic carbocycles. The highest BCUT2D eigenvalue weighted by Gasteiger charge is 2.13. The fourth-order valence-electron chi connectivity index (χ4n) is 3.13. The minimum absolute atomic E-state index is 0.000632. The first kappa shape index (κ1) is 19.3. The van der Waals surface area contributed by atoms with Gasteiger partial charge in [-0.05, 0) is 36.8 Å². The van der Waals surface area contributed by atoms with Gasteiger partial charge in [-0.25, -0.2) is 9.37 Å². The Kier molecular flexibility index (Phi) is 5.26. The number of hydrogen-bond donors (Lipinski definition) is 2. The van der Waals surface area contributed by atoms with Gasteiger partial charge in [0.05, 0.1) is 0 Å². The Bertz CT molecular complexity index is 1220. The number of primary amides is 1. The molecule has 4 rings (SSSR count). The Morgan fingerprint density at radius 3 is 2.67 bits per heavy atom. The summed E-state index contributed by atoms with van der Waals surface area (Å²) in [7, 11) is 0. The number of nitrogens with two attached hydrogens (primary N) is 1. The summed E-state index contributed by atoms with van der Waals surface area (Å²) in [5, 5.41) is 6.58. The number of halogens is 1. The molecule has 0 aliphatic heterocycles. The maximum Gasteiger partial charge on any atom is 0.286 e. The number of aryl methyl sites for hydroxylation is 1. The Hall–Kier alpha value is -4.00. The molecule has 0 radical (unpaired) electrons. The summed E-state index contributed by atoms with van der Waals surface area (Å²) in [6.07, 6.45) is 0. The van der Waals surface area contributed by atoms with Gasteiger partial charge in [-0.15, -0.1) is 0 Å². The van der Waals surface area contributed by atoms with Crippen LogP contribution in [0.25, 0.3) is 22.5 Å².